The monoisotopic (exact) mass is 384 g/mol. The maximum Gasteiger partial charge on any atom is 0.123 e. The molecular weight excluding hydrogens is 351 g/mol. The molecule has 0 spiro atoms. The molecule has 2 aromatic rings. The maximum absolute atomic E-state index is 13.3. The van der Waals surface area contributed by atoms with Crippen LogP contribution in [0.4, 0.5) is 4.39 Å². The minimum absolute atomic E-state index is 0.158. The van der Waals surface area contributed by atoms with Crippen molar-refractivity contribution in [2.75, 3.05) is 19.6 Å². The van der Waals surface area contributed by atoms with Gasteiger partial charge in [-0.3, -0.25) is 14.5 Å². The molecule has 2 heterocycles. The highest BCUT2D eigenvalue weighted by Crippen LogP contribution is 2.41. The van der Waals surface area contributed by atoms with Crippen molar-refractivity contribution in [3.05, 3.63) is 53.1 Å². The van der Waals surface area contributed by atoms with Gasteiger partial charge >= 0.3 is 0 Å². The van der Waals surface area contributed by atoms with Crippen LogP contribution in [0.1, 0.15) is 55.8 Å². The zero-order valence-corrected chi connectivity index (χ0v) is 17.4. The number of hydrogen-bond donors (Lipinski definition) is 0. The molecule has 0 bridgehead atoms. The average Bonchev–Trinajstić information content (AvgIpc) is 3.45. The molecular formula is C23H33FN4. The molecule has 1 atom stereocenters. The molecule has 0 amide bonds. The van der Waals surface area contributed by atoms with Gasteiger partial charge in [-0.05, 0) is 49.4 Å². The van der Waals surface area contributed by atoms with E-state index >= 15 is 0 Å². The Hall–Kier alpha value is -1.72. The molecule has 0 radical (unpaired) electrons. The van der Waals surface area contributed by atoms with Crippen molar-refractivity contribution in [3.8, 4) is 0 Å². The van der Waals surface area contributed by atoms with Crippen molar-refractivity contribution in [1.82, 2.24) is 19.6 Å². The van der Waals surface area contributed by atoms with E-state index in [0.717, 1.165) is 38.6 Å². The van der Waals surface area contributed by atoms with Gasteiger partial charge in [-0.2, -0.15) is 5.10 Å². The Morgan fingerprint density at radius 1 is 1.11 bits per heavy atom. The summed E-state index contributed by atoms with van der Waals surface area (Å²) in [6, 6.07) is 7.51. The SMILES string of the molecule is CC(C)[C@@H]1CN(Cc2cnn(C)c2C2CC2)CCCN1Cc1ccc(F)cc1. The van der Waals surface area contributed by atoms with E-state index in [0.29, 0.717) is 12.0 Å². The first-order valence-electron chi connectivity index (χ1n) is 10.7. The van der Waals surface area contributed by atoms with Gasteiger partial charge in [-0.25, -0.2) is 4.39 Å². The van der Waals surface area contributed by atoms with E-state index in [-0.39, 0.29) is 5.82 Å². The number of nitrogens with zero attached hydrogens (tertiary/aromatic N) is 4. The molecule has 1 aromatic carbocycles. The third kappa shape index (κ3) is 4.47. The third-order valence-electron chi connectivity index (χ3n) is 6.32. The molecule has 0 unspecified atom stereocenters. The van der Waals surface area contributed by atoms with Crippen molar-refractivity contribution in [2.45, 2.75) is 58.2 Å². The van der Waals surface area contributed by atoms with Gasteiger partial charge in [-0.1, -0.05) is 26.0 Å². The van der Waals surface area contributed by atoms with Crippen LogP contribution in [0, 0.1) is 11.7 Å². The summed E-state index contributed by atoms with van der Waals surface area (Å²) >= 11 is 0. The van der Waals surface area contributed by atoms with E-state index in [1.54, 1.807) is 12.1 Å². The van der Waals surface area contributed by atoms with Crippen LogP contribution in [0.3, 0.4) is 0 Å². The van der Waals surface area contributed by atoms with Crippen LogP contribution < -0.4 is 0 Å². The fraction of sp³-hybridized carbons (Fsp3) is 0.609. The third-order valence-corrected chi connectivity index (χ3v) is 6.32. The Balaban J connectivity index is 1.46. The van der Waals surface area contributed by atoms with Gasteiger partial charge in [0, 0.05) is 56.4 Å². The van der Waals surface area contributed by atoms with E-state index in [9.17, 15) is 4.39 Å². The lowest BCUT2D eigenvalue weighted by atomic mass is 10.0. The van der Waals surface area contributed by atoms with E-state index in [4.69, 9.17) is 0 Å². The normalized spacial score (nSPS) is 22.0. The fourth-order valence-corrected chi connectivity index (χ4v) is 4.67. The molecule has 1 saturated heterocycles. The summed E-state index contributed by atoms with van der Waals surface area (Å²) in [4.78, 5) is 5.22. The summed E-state index contributed by atoms with van der Waals surface area (Å²) in [5, 5.41) is 4.55. The molecule has 1 aliphatic carbocycles. The highest BCUT2D eigenvalue weighted by atomic mass is 19.1. The zero-order valence-electron chi connectivity index (χ0n) is 17.4. The molecule has 2 fully saturated rings. The second kappa shape index (κ2) is 8.34. The standard InChI is InChI=1S/C23H33FN4/c1-17(2)22-16-27(15-20-13-25-26(3)23(20)19-7-8-19)11-4-12-28(22)14-18-5-9-21(24)10-6-18/h5-6,9-10,13,17,19,22H,4,7-8,11-12,14-16H2,1-3H3/t22-/m0/s1. The second-order valence-corrected chi connectivity index (χ2v) is 8.95. The number of aromatic nitrogens is 2. The number of benzene rings is 1. The van der Waals surface area contributed by atoms with Crippen molar-refractivity contribution in [1.29, 1.82) is 0 Å². The van der Waals surface area contributed by atoms with Crippen LogP contribution in [-0.4, -0.2) is 45.3 Å². The largest absolute Gasteiger partial charge is 0.297 e. The molecule has 1 saturated carbocycles. The van der Waals surface area contributed by atoms with Crippen LogP contribution in [-0.2, 0) is 20.1 Å². The van der Waals surface area contributed by atoms with Gasteiger partial charge in [0.25, 0.3) is 0 Å². The predicted molar refractivity (Wildman–Crippen MR) is 111 cm³/mol. The Bertz CT molecular complexity index is 778. The predicted octanol–water partition coefficient (Wildman–Crippen LogP) is 4.17. The van der Waals surface area contributed by atoms with Gasteiger partial charge in [-0.15, -0.1) is 0 Å². The molecule has 2 aliphatic rings. The van der Waals surface area contributed by atoms with Gasteiger partial charge in [0.15, 0.2) is 0 Å². The molecule has 4 rings (SSSR count). The first-order chi connectivity index (χ1) is 13.5. The van der Waals surface area contributed by atoms with E-state index in [1.807, 2.05) is 12.1 Å². The summed E-state index contributed by atoms with van der Waals surface area (Å²) in [6.07, 6.45) is 5.88. The Morgan fingerprint density at radius 2 is 1.86 bits per heavy atom. The first-order valence-corrected chi connectivity index (χ1v) is 10.7. The van der Waals surface area contributed by atoms with E-state index in [1.165, 1.54) is 36.1 Å². The lowest BCUT2D eigenvalue weighted by molar-refractivity contribution is 0.130. The summed E-state index contributed by atoms with van der Waals surface area (Å²) in [7, 11) is 2.08. The molecule has 28 heavy (non-hydrogen) atoms. The minimum Gasteiger partial charge on any atom is -0.297 e. The maximum atomic E-state index is 13.3. The number of aryl methyl sites for hydroxylation is 1. The summed E-state index contributed by atoms with van der Waals surface area (Å²) in [5.41, 5.74) is 4.07. The van der Waals surface area contributed by atoms with E-state index < -0.39 is 0 Å². The molecule has 1 aromatic heterocycles. The summed E-state index contributed by atoms with van der Waals surface area (Å²) in [6.45, 7) is 9.86. The van der Waals surface area contributed by atoms with Crippen LogP contribution in [0.15, 0.2) is 30.5 Å². The van der Waals surface area contributed by atoms with Gasteiger partial charge in [0.05, 0.1) is 6.20 Å². The van der Waals surface area contributed by atoms with Crippen LogP contribution in [0.25, 0.3) is 0 Å². The topological polar surface area (TPSA) is 24.3 Å². The van der Waals surface area contributed by atoms with Crippen molar-refractivity contribution in [2.24, 2.45) is 13.0 Å². The lowest BCUT2D eigenvalue weighted by Gasteiger charge is -2.34. The fourth-order valence-electron chi connectivity index (χ4n) is 4.67. The van der Waals surface area contributed by atoms with Crippen molar-refractivity contribution >= 4 is 0 Å². The smallest absolute Gasteiger partial charge is 0.123 e. The van der Waals surface area contributed by atoms with Gasteiger partial charge in [0.1, 0.15) is 5.82 Å². The van der Waals surface area contributed by atoms with Crippen molar-refractivity contribution in [3.63, 3.8) is 0 Å². The van der Waals surface area contributed by atoms with Crippen LogP contribution in [0.2, 0.25) is 0 Å². The Kier molecular flexibility index (Phi) is 5.83. The Labute approximate surface area is 168 Å². The van der Waals surface area contributed by atoms with Crippen molar-refractivity contribution < 1.29 is 4.39 Å². The Morgan fingerprint density at radius 3 is 2.54 bits per heavy atom. The second-order valence-electron chi connectivity index (χ2n) is 8.95. The highest BCUT2D eigenvalue weighted by molar-refractivity contribution is 5.25. The summed E-state index contributed by atoms with van der Waals surface area (Å²) in [5.74, 6) is 1.15. The molecule has 1 aliphatic heterocycles. The quantitative estimate of drug-likeness (QED) is 0.747. The van der Waals surface area contributed by atoms with Gasteiger partial charge in [0.2, 0.25) is 0 Å². The van der Waals surface area contributed by atoms with E-state index in [2.05, 4.69) is 46.7 Å². The molecule has 152 valence electrons. The van der Waals surface area contributed by atoms with Crippen LogP contribution in [0.5, 0.6) is 0 Å². The highest BCUT2D eigenvalue weighted by Gasteiger charge is 2.31. The number of rotatable bonds is 6. The minimum atomic E-state index is -0.158. The number of halogens is 1. The molecule has 0 N–H and O–H groups in total. The van der Waals surface area contributed by atoms with Crippen LogP contribution >= 0.6 is 0 Å². The molecule has 5 heteroatoms. The number of hydrogen-bond acceptors (Lipinski definition) is 3. The first kappa shape index (κ1) is 19.6. The summed E-state index contributed by atoms with van der Waals surface area (Å²) < 4.78 is 15.4. The zero-order chi connectivity index (χ0) is 19.7. The average molecular weight is 385 g/mol. The lowest BCUT2D eigenvalue weighted by Crippen LogP contribution is -2.43. The molecule has 4 nitrogen and oxygen atoms in total. The van der Waals surface area contributed by atoms with Gasteiger partial charge < -0.3 is 0 Å².